The molecule has 0 amide bonds. The lowest BCUT2D eigenvalue weighted by Gasteiger charge is -2.20. The minimum absolute atomic E-state index is 0.168. The largest absolute Gasteiger partial charge is 0.271 e. The van der Waals surface area contributed by atoms with Crippen molar-refractivity contribution in [2.45, 2.75) is 30.8 Å². The highest BCUT2D eigenvalue weighted by molar-refractivity contribution is 7.99. The van der Waals surface area contributed by atoms with Crippen molar-refractivity contribution in [2.24, 2.45) is 5.84 Å². The standard InChI is InChI=1S/C14H18ClFN4S/c1-9(2)20-14(10(15)7-18-20)12(19-17)8-21-13-6-4-3-5-11(13)16/h3-7,9,12,19H,8,17H2,1-2H3. The summed E-state index contributed by atoms with van der Waals surface area (Å²) >= 11 is 7.60. The van der Waals surface area contributed by atoms with Crippen LogP contribution in [-0.4, -0.2) is 15.5 Å². The molecule has 1 aromatic carbocycles. The Labute approximate surface area is 132 Å². The van der Waals surface area contributed by atoms with Crippen molar-refractivity contribution >= 4 is 23.4 Å². The van der Waals surface area contributed by atoms with Gasteiger partial charge < -0.3 is 0 Å². The second-order valence-electron chi connectivity index (χ2n) is 4.88. The Kier molecular flexibility index (Phi) is 5.64. The van der Waals surface area contributed by atoms with Crippen LogP contribution in [0.15, 0.2) is 35.4 Å². The van der Waals surface area contributed by atoms with Crippen molar-refractivity contribution in [2.75, 3.05) is 5.75 Å². The summed E-state index contributed by atoms with van der Waals surface area (Å²) in [7, 11) is 0. The van der Waals surface area contributed by atoms with Gasteiger partial charge in [0.2, 0.25) is 0 Å². The van der Waals surface area contributed by atoms with E-state index < -0.39 is 0 Å². The van der Waals surface area contributed by atoms with Gasteiger partial charge in [0, 0.05) is 16.7 Å². The second-order valence-corrected chi connectivity index (χ2v) is 6.35. The summed E-state index contributed by atoms with van der Waals surface area (Å²) < 4.78 is 15.5. The molecule has 1 atom stereocenters. The van der Waals surface area contributed by atoms with E-state index in [9.17, 15) is 4.39 Å². The highest BCUT2D eigenvalue weighted by Gasteiger charge is 2.21. The van der Waals surface area contributed by atoms with E-state index in [2.05, 4.69) is 10.5 Å². The molecule has 21 heavy (non-hydrogen) atoms. The van der Waals surface area contributed by atoms with Gasteiger partial charge in [-0.3, -0.25) is 16.0 Å². The molecule has 3 N–H and O–H groups in total. The molecule has 114 valence electrons. The topological polar surface area (TPSA) is 55.9 Å². The maximum absolute atomic E-state index is 13.7. The first-order chi connectivity index (χ1) is 10.0. The van der Waals surface area contributed by atoms with Gasteiger partial charge in [-0.25, -0.2) is 4.39 Å². The number of hydrogen-bond acceptors (Lipinski definition) is 4. The molecule has 0 saturated carbocycles. The molecule has 0 aliphatic rings. The predicted molar refractivity (Wildman–Crippen MR) is 84.8 cm³/mol. The van der Waals surface area contributed by atoms with Gasteiger partial charge in [-0.2, -0.15) is 5.10 Å². The predicted octanol–water partition coefficient (Wildman–Crippen LogP) is 3.55. The first-order valence-electron chi connectivity index (χ1n) is 6.61. The third-order valence-electron chi connectivity index (χ3n) is 3.05. The van der Waals surface area contributed by atoms with Crippen molar-refractivity contribution in [3.63, 3.8) is 0 Å². The Morgan fingerprint density at radius 2 is 2.14 bits per heavy atom. The number of nitrogens with zero attached hydrogens (tertiary/aromatic N) is 2. The van der Waals surface area contributed by atoms with Crippen LogP contribution in [0.25, 0.3) is 0 Å². The van der Waals surface area contributed by atoms with Crippen molar-refractivity contribution in [3.05, 3.63) is 47.0 Å². The smallest absolute Gasteiger partial charge is 0.136 e. The van der Waals surface area contributed by atoms with E-state index in [4.69, 9.17) is 17.4 Å². The van der Waals surface area contributed by atoms with Crippen LogP contribution in [0, 0.1) is 5.82 Å². The molecule has 1 aromatic heterocycles. The normalized spacial score (nSPS) is 12.9. The molecule has 4 nitrogen and oxygen atoms in total. The van der Waals surface area contributed by atoms with E-state index in [0.717, 1.165) is 5.69 Å². The van der Waals surface area contributed by atoms with Crippen molar-refractivity contribution in [1.29, 1.82) is 0 Å². The molecule has 7 heteroatoms. The summed E-state index contributed by atoms with van der Waals surface area (Å²) in [5.74, 6) is 5.96. The number of rotatable bonds is 6. The van der Waals surface area contributed by atoms with Crippen LogP contribution in [0.2, 0.25) is 5.02 Å². The summed E-state index contributed by atoms with van der Waals surface area (Å²) in [6.07, 6.45) is 1.61. The molecule has 0 bridgehead atoms. The molecule has 0 spiro atoms. The third-order valence-corrected chi connectivity index (χ3v) is 4.48. The maximum atomic E-state index is 13.7. The van der Waals surface area contributed by atoms with Gasteiger partial charge in [0.1, 0.15) is 5.82 Å². The SMILES string of the molecule is CC(C)n1ncc(Cl)c1C(CSc1ccccc1F)NN. The van der Waals surface area contributed by atoms with E-state index in [1.54, 1.807) is 18.3 Å². The van der Waals surface area contributed by atoms with Gasteiger partial charge in [-0.15, -0.1) is 11.8 Å². The number of aromatic nitrogens is 2. The molecule has 0 radical (unpaired) electrons. The van der Waals surface area contributed by atoms with Crippen LogP contribution in [0.1, 0.15) is 31.6 Å². The molecule has 0 saturated heterocycles. The monoisotopic (exact) mass is 328 g/mol. The number of hydrogen-bond donors (Lipinski definition) is 2. The molecular weight excluding hydrogens is 311 g/mol. The fraction of sp³-hybridized carbons (Fsp3) is 0.357. The van der Waals surface area contributed by atoms with Crippen LogP contribution in [0.5, 0.6) is 0 Å². The second kappa shape index (κ2) is 7.26. The molecule has 1 heterocycles. The van der Waals surface area contributed by atoms with Crippen molar-refractivity contribution in [3.8, 4) is 0 Å². The lowest BCUT2D eigenvalue weighted by Crippen LogP contribution is -2.32. The van der Waals surface area contributed by atoms with E-state index >= 15 is 0 Å². The van der Waals surface area contributed by atoms with Crippen LogP contribution >= 0.6 is 23.4 Å². The summed E-state index contributed by atoms with van der Waals surface area (Å²) in [5.41, 5.74) is 3.56. The number of hydrazine groups is 1. The maximum Gasteiger partial charge on any atom is 0.136 e. The Bertz CT molecular complexity index is 602. The molecule has 2 aromatic rings. The van der Waals surface area contributed by atoms with E-state index in [0.29, 0.717) is 15.7 Å². The number of benzene rings is 1. The highest BCUT2D eigenvalue weighted by Crippen LogP contribution is 2.30. The Balaban J connectivity index is 2.17. The first-order valence-corrected chi connectivity index (χ1v) is 7.97. The van der Waals surface area contributed by atoms with Crippen molar-refractivity contribution in [1.82, 2.24) is 15.2 Å². The van der Waals surface area contributed by atoms with E-state index in [-0.39, 0.29) is 17.9 Å². The van der Waals surface area contributed by atoms with E-state index in [1.807, 2.05) is 24.6 Å². The zero-order valence-corrected chi connectivity index (χ0v) is 13.5. The fourth-order valence-electron chi connectivity index (χ4n) is 2.03. The van der Waals surface area contributed by atoms with Crippen LogP contribution < -0.4 is 11.3 Å². The molecule has 0 aliphatic carbocycles. The lowest BCUT2D eigenvalue weighted by atomic mass is 10.2. The molecule has 2 rings (SSSR count). The fourth-order valence-corrected chi connectivity index (χ4v) is 3.27. The molecule has 1 unspecified atom stereocenters. The highest BCUT2D eigenvalue weighted by atomic mass is 35.5. The summed E-state index contributed by atoms with van der Waals surface area (Å²) in [4.78, 5) is 0.587. The zero-order valence-electron chi connectivity index (χ0n) is 11.9. The Hall–Kier alpha value is -1.08. The van der Waals surface area contributed by atoms with Gasteiger partial charge in [-0.05, 0) is 26.0 Å². The lowest BCUT2D eigenvalue weighted by molar-refractivity contribution is 0.468. The van der Waals surface area contributed by atoms with Crippen LogP contribution in [0.3, 0.4) is 0 Å². The number of nitrogens with two attached hydrogens (primary N) is 1. The van der Waals surface area contributed by atoms with Crippen molar-refractivity contribution < 1.29 is 4.39 Å². The number of halogens is 2. The van der Waals surface area contributed by atoms with Crippen LogP contribution in [-0.2, 0) is 0 Å². The Morgan fingerprint density at radius 3 is 2.76 bits per heavy atom. The summed E-state index contributed by atoms with van der Waals surface area (Å²) in [5, 5.41) is 4.82. The molecular formula is C14H18ClFN4S. The zero-order chi connectivity index (χ0) is 15.4. The minimum Gasteiger partial charge on any atom is -0.271 e. The van der Waals surface area contributed by atoms with Gasteiger partial charge in [0.05, 0.1) is 23.0 Å². The Morgan fingerprint density at radius 1 is 1.43 bits per heavy atom. The summed E-state index contributed by atoms with van der Waals surface area (Å²) in [6.45, 7) is 4.04. The molecule has 0 fully saturated rings. The van der Waals surface area contributed by atoms with Gasteiger partial charge >= 0.3 is 0 Å². The first kappa shape index (κ1) is 16.3. The third kappa shape index (κ3) is 3.77. The summed E-state index contributed by atoms with van der Waals surface area (Å²) in [6, 6.07) is 6.62. The van der Waals surface area contributed by atoms with E-state index in [1.165, 1.54) is 17.8 Å². The van der Waals surface area contributed by atoms with Gasteiger partial charge in [-0.1, -0.05) is 23.7 Å². The molecule has 0 aliphatic heterocycles. The van der Waals surface area contributed by atoms with Gasteiger partial charge in [0.15, 0.2) is 0 Å². The van der Waals surface area contributed by atoms with Crippen LogP contribution in [0.4, 0.5) is 4.39 Å². The number of thioether (sulfide) groups is 1. The number of nitrogens with one attached hydrogen (secondary N) is 1. The van der Waals surface area contributed by atoms with Gasteiger partial charge in [0.25, 0.3) is 0 Å². The average molecular weight is 329 g/mol. The quantitative estimate of drug-likeness (QED) is 0.483. The minimum atomic E-state index is -0.235. The average Bonchev–Trinajstić information content (AvgIpc) is 2.84.